The van der Waals surface area contributed by atoms with Gasteiger partial charge in [-0.2, -0.15) is 0 Å². The molecule has 0 aliphatic carbocycles. The van der Waals surface area contributed by atoms with Crippen LogP contribution >= 0.6 is 11.8 Å². The summed E-state index contributed by atoms with van der Waals surface area (Å²) in [6.45, 7) is 2.93. The first kappa shape index (κ1) is 10.8. The molecule has 0 unspecified atom stereocenters. The summed E-state index contributed by atoms with van der Waals surface area (Å²) >= 11 is 1.11. The molecule has 0 saturated heterocycles. The van der Waals surface area contributed by atoms with Crippen LogP contribution in [-0.4, -0.2) is 11.0 Å². The molecule has 0 saturated carbocycles. The van der Waals surface area contributed by atoms with Gasteiger partial charge in [0, 0.05) is 18.7 Å². The minimum atomic E-state index is -0.137. The van der Waals surface area contributed by atoms with Gasteiger partial charge in [-0.3, -0.25) is 9.59 Å². The van der Waals surface area contributed by atoms with Crippen molar-refractivity contribution in [3.05, 3.63) is 24.3 Å². The summed E-state index contributed by atoms with van der Waals surface area (Å²) < 4.78 is 0. The first-order valence-electron chi connectivity index (χ1n) is 4.14. The summed E-state index contributed by atoms with van der Waals surface area (Å²) in [6, 6.07) is 7.22. The maximum Gasteiger partial charge on any atom is 0.221 e. The molecule has 0 aliphatic rings. The van der Waals surface area contributed by atoms with E-state index in [1.54, 1.807) is 12.1 Å². The van der Waals surface area contributed by atoms with Crippen molar-refractivity contribution in [2.75, 3.05) is 5.32 Å². The smallest absolute Gasteiger partial charge is 0.221 e. The molecule has 0 spiro atoms. The molecule has 14 heavy (non-hydrogen) atoms. The lowest BCUT2D eigenvalue weighted by Gasteiger charge is -2.06. The minimum absolute atomic E-state index is 0.00259. The molecule has 1 N–H and O–H groups in total. The van der Waals surface area contributed by atoms with E-state index in [1.807, 2.05) is 12.1 Å². The van der Waals surface area contributed by atoms with Crippen molar-refractivity contribution in [3.8, 4) is 0 Å². The molecule has 0 aromatic heterocycles. The highest BCUT2D eigenvalue weighted by Gasteiger charge is 2.05. The number of rotatable bonds is 2. The zero-order valence-corrected chi connectivity index (χ0v) is 8.85. The third-order valence-corrected chi connectivity index (χ3v) is 2.31. The molecule has 4 heteroatoms. The fourth-order valence-electron chi connectivity index (χ4n) is 1.00. The van der Waals surface area contributed by atoms with Gasteiger partial charge in [0.15, 0.2) is 5.12 Å². The van der Waals surface area contributed by atoms with Crippen molar-refractivity contribution >= 4 is 28.5 Å². The van der Waals surface area contributed by atoms with Crippen LogP contribution in [-0.2, 0) is 9.59 Å². The largest absolute Gasteiger partial charge is 0.325 e. The van der Waals surface area contributed by atoms with Crippen molar-refractivity contribution in [2.24, 2.45) is 0 Å². The SMILES string of the molecule is CC(=O)Nc1ccccc1SC(C)=O. The first-order valence-corrected chi connectivity index (χ1v) is 4.96. The highest BCUT2D eigenvalue weighted by Crippen LogP contribution is 2.27. The zero-order chi connectivity index (χ0) is 10.6. The van der Waals surface area contributed by atoms with Crippen LogP contribution in [0.2, 0.25) is 0 Å². The number of nitrogens with one attached hydrogen (secondary N) is 1. The minimum Gasteiger partial charge on any atom is -0.325 e. The van der Waals surface area contributed by atoms with Crippen LogP contribution in [0, 0.1) is 0 Å². The Bertz CT molecular complexity index is 328. The highest BCUT2D eigenvalue weighted by atomic mass is 32.2. The second kappa shape index (κ2) is 4.81. The van der Waals surface area contributed by atoms with Crippen molar-refractivity contribution in [3.63, 3.8) is 0 Å². The molecule has 0 fully saturated rings. The van der Waals surface area contributed by atoms with E-state index >= 15 is 0 Å². The topological polar surface area (TPSA) is 46.2 Å². The van der Waals surface area contributed by atoms with Crippen LogP contribution in [0.15, 0.2) is 29.2 Å². The van der Waals surface area contributed by atoms with E-state index in [9.17, 15) is 9.59 Å². The Morgan fingerprint density at radius 3 is 2.43 bits per heavy atom. The van der Waals surface area contributed by atoms with Gasteiger partial charge in [0.1, 0.15) is 0 Å². The van der Waals surface area contributed by atoms with E-state index in [-0.39, 0.29) is 11.0 Å². The van der Waals surface area contributed by atoms with Crippen molar-refractivity contribution in [2.45, 2.75) is 18.7 Å². The van der Waals surface area contributed by atoms with E-state index in [0.29, 0.717) is 5.69 Å². The molecule has 1 amide bonds. The summed E-state index contributed by atoms with van der Waals surface area (Å²) in [5, 5.41) is 2.67. The van der Waals surface area contributed by atoms with Crippen molar-refractivity contribution < 1.29 is 9.59 Å². The van der Waals surface area contributed by atoms with Crippen LogP contribution in [0.1, 0.15) is 13.8 Å². The third-order valence-electron chi connectivity index (χ3n) is 1.45. The Morgan fingerprint density at radius 2 is 1.86 bits per heavy atom. The molecule has 3 nitrogen and oxygen atoms in total. The monoisotopic (exact) mass is 209 g/mol. The third kappa shape index (κ3) is 3.22. The van der Waals surface area contributed by atoms with E-state index < -0.39 is 0 Å². The van der Waals surface area contributed by atoms with Gasteiger partial charge < -0.3 is 5.32 Å². The lowest BCUT2D eigenvalue weighted by molar-refractivity contribution is -0.114. The lowest BCUT2D eigenvalue weighted by Crippen LogP contribution is -2.06. The van der Waals surface area contributed by atoms with Gasteiger partial charge in [0.05, 0.1) is 5.69 Å². The van der Waals surface area contributed by atoms with Crippen LogP contribution < -0.4 is 5.32 Å². The Hall–Kier alpha value is -1.29. The summed E-state index contributed by atoms with van der Waals surface area (Å²) in [6.07, 6.45) is 0. The molecular formula is C10H11NO2S. The van der Waals surface area contributed by atoms with Crippen molar-refractivity contribution in [1.29, 1.82) is 0 Å². The molecular weight excluding hydrogens is 198 g/mol. The number of hydrogen-bond donors (Lipinski definition) is 1. The van der Waals surface area contributed by atoms with Gasteiger partial charge in [-0.05, 0) is 12.1 Å². The molecule has 1 aromatic rings. The number of carbonyl (C=O) groups excluding carboxylic acids is 2. The number of benzene rings is 1. The Morgan fingerprint density at radius 1 is 1.21 bits per heavy atom. The van der Waals surface area contributed by atoms with E-state index in [1.165, 1.54) is 13.8 Å². The van der Waals surface area contributed by atoms with Gasteiger partial charge in [0.2, 0.25) is 5.91 Å². The quantitative estimate of drug-likeness (QED) is 0.760. The van der Waals surface area contributed by atoms with E-state index in [4.69, 9.17) is 0 Å². The van der Waals surface area contributed by atoms with Gasteiger partial charge in [-0.1, -0.05) is 23.9 Å². The van der Waals surface area contributed by atoms with Crippen LogP contribution in [0.5, 0.6) is 0 Å². The second-order valence-electron chi connectivity index (χ2n) is 2.77. The van der Waals surface area contributed by atoms with E-state index in [2.05, 4.69) is 5.32 Å². The molecule has 0 bridgehead atoms. The van der Waals surface area contributed by atoms with Gasteiger partial charge in [0.25, 0.3) is 0 Å². The van der Waals surface area contributed by atoms with Gasteiger partial charge >= 0.3 is 0 Å². The maximum atomic E-state index is 10.9. The summed E-state index contributed by atoms with van der Waals surface area (Å²) in [5.74, 6) is -0.137. The Balaban J connectivity index is 2.90. The zero-order valence-electron chi connectivity index (χ0n) is 8.03. The number of hydrogen-bond acceptors (Lipinski definition) is 3. The fourth-order valence-corrected chi connectivity index (χ4v) is 1.69. The number of anilines is 1. The summed E-state index contributed by atoms with van der Waals surface area (Å²) in [7, 11) is 0. The van der Waals surface area contributed by atoms with Crippen LogP contribution in [0.3, 0.4) is 0 Å². The Kier molecular flexibility index (Phi) is 3.71. The van der Waals surface area contributed by atoms with Gasteiger partial charge in [-0.15, -0.1) is 0 Å². The normalized spacial score (nSPS) is 9.57. The Labute approximate surface area is 86.9 Å². The molecule has 0 radical (unpaired) electrons. The first-order chi connectivity index (χ1) is 6.59. The van der Waals surface area contributed by atoms with Gasteiger partial charge in [-0.25, -0.2) is 0 Å². The number of amides is 1. The molecule has 1 aromatic carbocycles. The number of para-hydroxylation sites is 1. The average Bonchev–Trinajstić information content (AvgIpc) is 2.06. The number of carbonyl (C=O) groups is 2. The lowest BCUT2D eigenvalue weighted by atomic mass is 10.3. The molecule has 0 heterocycles. The predicted octanol–water partition coefficient (Wildman–Crippen LogP) is 2.28. The molecule has 1 rings (SSSR count). The summed E-state index contributed by atoms with van der Waals surface area (Å²) in [5.41, 5.74) is 0.681. The van der Waals surface area contributed by atoms with E-state index in [0.717, 1.165) is 16.7 Å². The summed E-state index contributed by atoms with van der Waals surface area (Å²) in [4.78, 5) is 22.5. The van der Waals surface area contributed by atoms with Crippen LogP contribution in [0.4, 0.5) is 5.69 Å². The highest BCUT2D eigenvalue weighted by molar-refractivity contribution is 8.13. The van der Waals surface area contributed by atoms with Crippen molar-refractivity contribution in [1.82, 2.24) is 0 Å². The number of thioether (sulfide) groups is 1. The average molecular weight is 209 g/mol. The molecule has 74 valence electrons. The maximum absolute atomic E-state index is 10.9. The fraction of sp³-hybridized carbons (Fsp3) is 0.200. The second-order valence-corrected chi connectivity index (χ2v) is 3.99. The molecule has 0 aliphatic heterocycles. The van der Waals surface area contributed by atoms with Crippen LogP contribution in [0.25, 0.3) is 0 Å². The molecule has 0 atom stereocenters. The predicted molar refractivity (Wildman–Crippen MR) is 57.3 cm³/mol. The standard InChI is InChI=1S/C10H11NO2S/c1-7(12)11-9-5-3-4-6-10(9)14-8(2)13/h3-6H,1-2H3,(H,11,12).